The lowest BCUT2D eigenvalue weighted by Crippen LogP contribution is -2.40. The summed E-state index contributed by atoms with van der Waals surface area (Å²) in [4.78, 5) is 0. The van der Waals surface area contributed by atoms with Crippen molar-refractivity contribution in [3.05, 3.63) is 0 Å². The third-order valence-electron chi connectivity index (χ3n) is 3.19. The summed E-state index contributed by atoms with van der Waals surface area (Å²) in [5.74, 6) is 6.38. The molecule has 1 atom stereocenters. The number of ether oxygens (including phenoxy) is 1. The summed E-state index contributed by atoms with van der Waals surface area (Å²) in [5.41, 5.74) is 2.97. The van der Waals surface area contributed by atoms with Crippen molar-refractivity contribution < 1.29 is 4.74 Å². The van der Waals surface area contributed by atoms with E-state index in [0.29, 0.717) is 6.04 Å². The predicted octanol–water partition coefficient (Wildman–Crippen LogP) is 1.83. The van der Waals surface area contributed by atoms with Crippen LogP contribution in [0.3, 0.4) is 0 Å². The normalized spacial score (nSPS) is 20.1. The van der Waals surface area contributed by atoms with E-state index in [9.17, 15) is 0 Å². The highest BCUT2D eigenvalue weighted by Gasteiger charge is 2.23. The molecule has 3 heteroatoms. The number of nitrogens with one attached hydrogen (secondary N) is 1. The number of hydrazine groups is 1. The molecule has 1 saturated carbocycles. The van der Waals surface area contributed by atoms with Crippen molar-refractivity contribution in [1.29, 1.82) is 0 Å². The number of hydrogen-bond donors (Lipinski definition) is 2. The quantitative estimate of drug-likeness (QED) is 0.374. The van der Waals surface area contributed by atoms with Crippen LogP contribution in [0.25, 0.3) is 0 Å². The summed E-state index contributed by atoms with van der Waals surface area (Å²) in [5, 5.41) is 0. The predicted molar refractivity (Wildman–Crippen MR) is 58.8 cm³/mol. The van der Waals surface area contributed by atoms with Gasteiger partial charge in [0.25, 0.3) is 0 Å². The third-order valence-corrected chi connectivity index (χ3v) is 3.19. The molecule has 0 spiro atoms. The van der Waals surface area contributed by atoms with E-state index in [1.165, 1.54) is 25.7 Å². The number of nitrogens with two attached hydrogens (primary N) is 1. The second-order valence-corrected chi connectivity index (χ2v) is 4.16. The SMILES string of the molecule is CCOCCCC(NN)C1CCCC1. The molecule has 14 heavy (non-hydrogen) atoms. The highest BCUT2D eigenvalue weighted by atomic mass is 16.5. The van der Waals surface area contributed by atoms with E-state index < -0.39 is 0 Å². The Kier molecular flexibility index (Phi) is 6.15. The van der Waals surface area contributed by atoms with Gasteiger partial charge in [0.05, 0.1) is 0 Å². The van der Waals surface area contributed by atoms with Gasteiger partial charge in [-0.2, -0.15) is 0 Å². The molecule has 1 aliphatic carbocycles. The molecule has 0 aromatic rings. The van der Waals surface area contributed by atoms with E-state index in [-0.39, 0.29) is 0 Å². The number of rotatable bonds is 7. The Hall–Kier alpha value is -0.120. The van der Waals surface area contributed by atoms with Gasteiger partial charge < -0.3 is 4.74 Å². The van der Waals surface area contributed by atoms with Crippen molar-refractivity contribution in [3.8, 4) is 0 Å². The molecule has 0 aromatic heterocycles. The lowest BCUT2D eigenvalue weighted by atomic mass is 9.95. The van der Waals surface area contributed by atoms with Gasteiger partial charge in [-0.1, -0.05) is 12.8 Å². The smallest absolute Gasteiger partial charge is 0.0466 e. The zero-order chi connectivity index (χ0) is 10.2. The lowest BCUT2D eigenvalue weighted by molar-refractivity contribution is 0.138. The fourth-order valence-electron chi connectivity index (χ4n) is 2.36. The van der Waals surface area contributed by atoms with Crippen molar-refractivity contribution >= 4 is 0 Å². The molecule has 3 N–H and O–H groups in total. The summed E-state index contributed by atoms with van der Waals surface area (Å²) < 4.78 is 5.32. The first-order valence-corrected chi connectivity index (χ1v) is 5.92. The Bertz CT molecular complexity index is 135. The van der Waals surface area contributed by atoms with Crippen LogP contribution in [0.1, 0.15) is 45.4 Å². The molecular formula is C11H24N2O. The molecule has 84 valence electrons. The maximum atomic E-state index is 5.58. The van der Waals surface area contributed by atoms with Gasteiger partial charge in [0.2, 0.25) is 0 Å². The van der Waals surface area contributed by atoms with E-state index in [0.717, 1.165) is 32.0 Å². The highest BCUT2D eigenvalue weighted by molar-refractivity contribution is 4.78. The summed E-state index contributed by atoms with van der Waals surface area (Å²) in [6.07, 6.45) is 7.75. The van der Waals surface area contributed by atoms with Crippen LogP contribution in [-0.4, -0.2) is 19.3 Å². The Morgan fingerprint density at radius 1 is 1.43 bits per heavy atom. The third kappa shape index (κ3) is 3.95. The molecule has 1 aliphatic rings. The Labute approximate surface area is 87.4 Å². The minimum absolute atomic E-state index is 0.512. The largest absolute Gasteiger partial charge is 0.382 e. The summed E-state index contributed by atoms with van der Waals surface area (Å²) >= 11 is 0. The molecule has 1 unspecified atom stereocenters. The Morgan fingerprint density at radius 2 is 2.14 bits per heavy atom. The topological polar surface area (TPSA) is 47.3 Å². The molecule has 0 amide bonds. The zero-order valence-electron chi connectivity index (χ0n) is 9.30. The van der Waals surface area contributed by atoms with E-state index >= 15 is 0 Å². The number of hydrogen-bond acceptors (Lipinski definition) is 3. The first kappa shape index (κ1) is 12.0. The maximum Gasteiger partial charge on any atom is 0.0466 e. The molecule has 0 bridgehead atoms. The van der Waals surface area contributed by atoms with E-state index in [1.54, 1.807) is 0 Å². The monoisotopic (exact) mass is 200 g/mol. The Balaban J connectivity index is 2.11. The first-order chi connectivity index (χ1) is 6.88. The van der Waals surface area contributed by atoms with Crippen molar-refractivity contribution in [2.24, 2.45) is 11.8 Å². The summed E-state index contributed by atoms with van der Waals surface area (Å²) in [7, 11) is 0. The van der Waals surface area contributed by atoms with Crippen LogP contribution in [0.15, 0.2) is 0 Å². The van der Waals surface area contributed by atoms with Crippen molar-refractivity contribution in [2.45, 2.75) is 51.5 Å². The van der Waals surface area contributed by atoms with Crippen LogP contribution in [0.4, 0.5) is 0 Å². The van der Waals surface area contributed by atoms with Gasteiger partial charge in [-0.3, -0.25) is 11.3 Å². The van der Waals surface area contributed by atoms with Crippen molar-refractivity contribution in [1.82, 2.24) is 5.43 Å². The minimum Gasteiger partial charge on any atom is -0.382 e. The van der Waals surface area contributed by atoms with Gasteiger partial charge in [-0.05, 0) is 38.5 Å². The first-order valence-electron chi connectivity index (χ1n) is 5.92. The lowest BCUT2D eigenvalue weighted by Gasteiger charge is -2.22. The zero-order valence-corrected chi connectivity index (χ0v) is 9.30. The second-order valence-electron chi connectivity index (χ2n) is 4.16. The van der Waals surface area contributed by atoms with Gasteiger partial charge >= 0.3 is 0 Å². The summed E-state index contributed by atoms with van der Waals surface area (Å²) in [6.45, 7) is 3.74. The molecule has 1 fully saturated rings. The second kappa shape index (κ2) is 7.21. The van der Waals surface area contributed by atoms with Crippen LogP contribution in [-0.2, 0) is 4.74 Å². The molecule has 0 saturated heterocycles. The van der Waals surface area contributed by atoms with Gasteiger partial charge in [-0.15, -0.1) is 0 Å². The summed E-state index contributed by atoms with van der Waals surface area (Å²) in [6, 6.07) is 0.512. The highest BCUT2D eigenvalue weighted by Crippen LogP contribution is 2.29. The van der Waals surface area contributed by atoms with Crippen molar-refractivity contribution in [2.75, 3.05) is 13.2 Å². The van der Waals surface area contributed by atoms with Gasteiger partial charge in [0.15, 0.2) is 0 Å². The fourth-order valence-corrected chi connectivity index (χ4v) is 2.36. The van der Waals surface area contributed by atoms with Crippen LogP contribution < -0.4 is 11.3 Å². The Morgan fingerprint density at radius 3 is 2.71 bits per heavy atom. The molecule has 0 radical (unpaired) electrons. The van der Waals surface area contributed by atoms with E-state index in [1.807, 2.05) is 6.92 Å². The van der Waals surface area contributed by atoms with Crippen molar-refractivity contribution in [3.63, 3.8) is 0 Å². The van der Waals surface area contributed by atoms with Crippen LogP contribution >= 0.6 is 0 Å². The van der Waals surface area contributed by atoms with E-state index in [2.05, 4.69) is 5.43 Å². The fraction of sp³-hybridized carbons (Fsp3) is 1.00. The average molecular weight is 200 g/mol. The standard InChI is InChI=1S/C11H24N2O/c1-2-14-9-5-8-11(13-12)10-6-3-4-7-10/h10-11,13H,2-9,12H2,1H3. The van der Waals surface area contributed by atoms with E-state index in [4.69, 9.17) is 10.6 Å². The van der Waals surface area contributed by atoms with Gasteiger partial charge in [0.1, 0.15) is 0 Å². The molecule has 0 aromatic carbocycles. The van der Waals surface area contributed by atoms with Crippen LogP contribution in [0.2, 0.25) is 0 Å². The maximum absolute atomic E-state index is 5.58. The minimum atomic E-state index is 0.512. The molecular weight excluding hydrogens is 176 g/mol. The molecule has 1 rings (SSSR count). The van der Waals surface area contributed by atoms with Crippen LogP contribution in [0, 0.1) is 5.92 Å². The molecule has 0 aliphatic heterocycles. The average Bonchev–Trinajstić information content (AvgIpc) is 2.71. The van der Waals surface area contributed by atoms with Gasteiger partial charge in [0, 0.05) is 19.3 Å². The molecule has 0 heterocycles. The molecule has 3 nitrogen and oxygen atoms in total. The van der Waals surface area contributed by atoms with Gasteiger partial charge in [-0.25, -0.2) is 0 Å². The van der Waals surface area contributed by atoms with Crippen LogP contribution in [0.5, 0.6) is 0 Å².